The van der Waals surface area contributed by atoms with Gasteiger partial charge in [0.2, 0.25) is 0 Å². The van der Waals surface area contributed by atoms with E-state index in [1.807, 2.05) is 53.9 Å². The first kappa shape index (κ1) is 15.3. The molecule has 5 rings (SSSR count). The first-order valence-corrected chi connectivity index (χ1v) is 8.46. The zero-order valence-electron chi connectivity index (χ0n) is 14.5. The molecule has 8 heteroatoms. The zero-order valence-corrected chi connectivity index (χ0v) is 14.5. The summed E-state index contributed by atoms with van der Waals surface area (Å²) in [5.74, 6) is 1.73. The smallest absolute Gasteiger partial charge is 0.159 e. The molecule has 8 nitrogen and oxygen atoms in total. The minimum absolute atomic E-state index is 0.424. The third-order valence-electron chi connectivity index (χ3n) is 4.31. The van der Waals surface area contributed by atoms with Crippen LogP contribution in [-0.2, 0) is 0 Å². The number of imidazole rings is 2. The highest BCUT2D eigenvalue weighted by molar-refractivity contribution is 5.83. The number of rotatable bonds is 3. The van der Waals surface area contributed by atoms with Gasteiger partial charge >= 0.3 is 0 Å². The normalized spacial score (nSPS) is 11.3. The highest BCUT2D eigenvalue weighted by atomic mass is 15.1. The highest BCUT2D eigenvalue weighted by Crippen LogP contribution is 2.31. The van der Waals surface area contributed by atoms with E-state index in [0.29, 0.717) is 23.2 Å². The Kier molecular flexibility index (Phi) is 3.29. The minimum atomic E-state index is 0.424. The number of nitrogen functional groups attached to an aromatic ring is 1. The van der Waals surface area contributed by atoms with Crippen LogP contribution in [0.15, 0.2) is 55.0 Å². The van der Waals surface area contributed by atoms with Crippen molar-refractivity contribution in [3.63, 3.8) is 0 Å². The summed E-state index contributed by atoms with van der Waals surface area (Å²) < 4.78 is 1.98. The molecule has 27 heavy (non-hydrogen) atoms. The third-order valence-corrected chi connectivity index (χ3v) is 4.31. The SMILES string of the molecule is Cc1nc(N)cc(-c2c(Nc3ccc4nc[nH]c4c3)nc3ccccn23)n1. The van der Waals surface area contributed by atoms with Gasteiger partial charge in [-0.1, -0.05) is 6.07 Å². The van der Waals surface area contributed by atoms with Crippen molar-refractivity contribution < 1.29 is 0 Å². The molecule has 0 saturated carbocycles. The van der Waals surface area contributed by atoms with Gasteiger partial charge in [0.25, 0.3) is 0 Å². The fraction of sp³-hybridized carbons (Fsp3) is 0.0526. The van der Waals surface area contributed by atoms with E-state index >= 15 is 0 Å². The van der Waals surface area contributed by atoms with Gasteiger partial charge in [-0.05, 0) is 37.3 Å². The Balaban J connectivity index is 1.69. The maximum Gasteiger partial charge on any atom is 0.159 e. The number of nitrogens with zero attached hydrogens (tertiary/aromatic N) is 5. The van der Waals surface area contributed by atoms with E-state index < -0.39 is 0 Å². The molecule has 5 aromatic rings. The van der Waals surface area contributed by atoms with Gasteiger partial charge in [-0.3, -0.25) is 4.40 Å². The van der Waals surface area contributed by atoms with Crippen LogP contribution in [0.3, 0.4) is 0 Å². The molecule has 4 aromatic heterocycles. The fourth-order valence-corrected chi connectivity index (χ4v) is 3.19. The van der Waals surface area contributed by atoms with E-state index in [1.54, 1.807) is 12.4 Å². The molecule has 0 aliphatic carbocycles. The third kappa shape index (κ3) is 2.63. The molecule has 0 aliphatic heterocycles. The van der Waals surface area contributed by atoms with Gasteiger partial charge in [0, 0.05) is 18.0 Å². The van der Waals surface area contributed by atoms with Gasteiger partial charge in [-0.15, -0.1) is 0 Å². The lowest BCUT2D eigenvalue weighted by Gasteiger charge is -2.08. The summed E-state index contributed by atoms with van der Waals surface area (Å²) in [6.45, 7) is 1.82. The van der Waals surface area contributed by atoms with Crippen LogP contribution in [0.25, 0.3) is 28.1 Å². The Morgan fingerprint density at radius 1 is 1.07 bits per heavy atom. The molecule has 4 heterocycles. The molecule has 132 valence electrons. The molecular weight excluding hydrogens is 340 g/mol. The van der Waals surface area contributed by atoms with E-state index in [9.17, 15) is 0 Å². The summed E-state index contributed by atoms with van der Waals surface area (Å²) in [5.41, 5.74) is 11.1. The first-order valence-electron chi connectivity index (χ1n) is 8.46. The van der Waals surface area contributed by atoms with Crippen LogP contribution in [0.1, 0.15) is 5.82 Å². The lowest BCUT2D eigenvalue weighted by molar-refractivity contribution is 1.05. The quantitative estimate of drug-likeness (QED) is 0.457. The molecule has 0 fully saturated rings. The number of pyridine rings is 1. The van der Waals surface area contributed by atoms with Crippen molar-refractivity contribution in [3.8, 4) is 11.4 Å². The van der Waals surface area contributed by atoms with Crippen molar-refractivity contribution in [1.29, 1.82) is 0 Å². The molecule has 0 radical (unpaired) electrons. The number of nitrogens with one attached hydrogen (secondary N) is 2. The van der Waals surface area contributed by atoms with Gasteiger partial charge in [0.15, 0.2) is 5.82 Å². The van der Waals surface area contributed by atoms with Crippen LogP contribution >= 0.6 is 0 Å². The van der Waals surface area contributed by atoms with Gasteiger partial charge in [0.1, 0.15) is 23.0 Å². The van der Waals surface area contributed by atoms with Crippen molar-refractivity contribution in [2.45, 2.75) is 6.92 Å². The number of aromatic amines is 1. The molecule has 1 aromatic carbocycles. The van der Waals surface area contributed by atoms with E-state index in [4.69, 9.17) is 10.7 Å². The number of anilines is 3. The fourth-order valence-electron chi connectivity index (χ4n) is 3.19. The summed E-state index contributed by atoms with van der Waals surface area (Å²) in [6, 6.07) is 13.5. The van der Waals surface area contributed by atoms with Crippen LogP contribution in [0.2, 0.25) is 0 Å². The van der Waals surface area contributed by atoms with E-state index in [0.717, 1.165) is 28.1 Å². The zero-order chi connectivity index (χ0) is 18.4. The topological polar surface area (TPSA) is 110 Å². The van der Waals surface area contributed by atoms with Crippen molar-refractivity contribution >= 4 is 34.0 Å². The second kappa shape index (κ2) is 5.80. The first-order chi connectivity index (χ1) is 13.2. The number of hydrogen-bond acceptors (Lipinski definition) is 6. The predicted molar refractivity (Wildman–Crippen MR) is 105 cm³/mol. The monoisotopic (exact) mass is 356 g/mol. The standard InChI is InChI=1S/C19H16N8/c1-11-23-15(9-16(20)24-11)18-19(26-17-4-2-3-7-27(17)18)25-12-5-6-13-14(8-12)22-10-21-13/h2-10,25H,1H3,(H,21,22)(H2,20,23,24). The van der Waals surface area contributed by atoms with Crippen LogP contribution < -0.4 is 11.1 Å². The summed E-state index contributed by atoms with van der Waals surface area (Å²) in [6.07, 6.45) is 3.63. The maximum atomic E-state index is 5.95. The maximum absolute atomic E-state index is 5.95. The van der Waals surface area contributed by atoms with Crippen molar-refractivity contribution in [2.24, 2.45) is 0 Å². The highest BCUT2D eigenvalue weighted by Gasteiger charge is 2.17. The average molecular weight is 356 g/mol. The summed E-state index contributed by atoms with van der Waals surface area (Å²) in [7, 11) is 0. The lowest BCUT2D eigenvalue weighted by atomic mass is 10.2. The molecule has 0 bridgehead atoms. The van der Waals surface area contributed by atoms with Crippen LogP contribution in [-0.4, -0.2) is 29.3 Å². The minimum Gasteiger partial charge on any atom is -0.384 e. The van der Waals surface area contributed by atoms with Crippen molar-refractivity contribution in [2.75, 3.05) is 11.1 Å². The molecule has 0 atom stereocenters. The van der Waals surface area contributed by atoms with E-state index in [1.165, 1.54) is 0 Å². The molecule has 0 unspecified atom stereocenters. The van der Waals surface area contributed by atoms with E-state index in [-0.39, 0.29) is 0 Å². The Hall–Kier alpha value is -3.94. The number of H-pyrrole nitrogens is 1. The largest absolute Gasteiger partial charge is 0.384 e. The Labute approximate surface area is 154 Å². The van der Waals surface area contributed by atoms with Gasteiger partial charge in [-0.2, -0.15) is 0 Å². The van der Waals surface area contributed by atoms with Crippen molar-refractivity contribution in [1.82, 2.24) is 29.3 Å². The lowest BCUT2D eigenvalue weighted by Crippen LogP contribution is -2.01. The second-order valence-electron chi connectivity index (χ2n) is 6.22. The second-order valence-corrected chi connectivity index (χ2v) is 6.22. The number of benzene rings is 1. The number of aromatic nitrogens is 6. The van der Waals surface area contributed by atoms with Crippen LogP contribution in [0.4, 0.5) is 17.3 Å². The molecule has 0 spiro atoms. The predicted octanol–water partition coefficient (Wildman–Crippen LogP) is 3.30. The number of fused-ring (bicyclic) bond motifs is 2. The molecule has 0 saturated heterocycles. The van der Waals surface area contributed by atoms with Gasteiger partial charge in [0.05, 0.1) is 23.1 Å². The number of aryl methyl sites for hydroxylation is 1. The van der Waals surface area contributed by atoms with Gasteiger partial charge < -0.3 is 16.0 Å². The summed E-state index contributed by atoms with van der Waals surface area (Å²) in [5, 5.41) is 3.40. The molecular formula is C19H16N8. The van der Waals surface area contributed by atoms with E-state index in [2.05, 4.69) is 25.3 Å². The number of nitrogens with two attached hydrogens (primary N) is 1. The molecule has 0 aliphatic rings. The van der Waals surface area contributed by atoms with Crippen LogP contribution in [0, 0.1) is 6.92 Å². The summed E-state index contributed by atoms with van der Waals surface area (Å²) in [4.78, 5) is 20.8. The summed E-state index contributed by atoms with van der Waals surface area (Å²) >= 11 is 0. The van der Waals surface area contributed by atoms with Crippen molar-refractivity contribution in [3.05, 3.63) is 60.8 Å². The average Bonchev–Trinajstić information content (AvgIpc) is 3.24. The molecule has 0 amide bonds. The Morgan fingerprint density at radius 3 is 2.89 bits per heavy atom. The van der Waals surface area contributed by atoms with Gasteiger partial charge in [-0.25, -0.2) is 19.9 Å². The number of hydrogen-bond donors (Lipinski definition) is 3. The Bertz CT molecular complexity index is 1260. The van der Waals surface area contributed by atoms with Crippen LogP contribution in [0.5, 0.6) is 0 Å². The molecule has 4 N–H and O–H groups in total. The Morgan fingerprint density at radius 2 is 2.00 bits per heavy atom.